The van der Waals surface area contributed by atoms with Crippen molar-refractivity contribution >= 4 is 11.4 Å². The van der Waals surface area contributed by atoms with Crippen LogP contribution in [0.5, 0.6) is 5.75 Å². The molecule has 1 aliphatic heterocycles. The van der Waals surface area contributed by atoms with E-state index in [2.05, 4.69) is 34.9 Å². The molecule has 0 bridgehead atoms. The highest BCUT2D eigenvalue weighted by Gasteiger charge is 2.17. The zero-order chi connectivity index (χ0) is 14.5. The molecule has 1 aliphatic rings. The molecular formula is C15H26N4O. The predicted molar refractivity (Wildman–Crippen MR) is 84.6 cm³/mol. The fourth-order valence-corrected chi connectivity index (χ4v) is 2.48. The molecule has 1 saturated heterocycles. The summed E-state index contributed by atoms with van der Waals surface area (Å²) in [5.74, 6) is 0.829. The molecule has 1 aromatic carbocycles. The first-order chi connectivity index (χ1) is 9.58. The molecule has 112 valence electrons. The Morgan fingerprint density at radius 1 is 1.15 bits per heavy atom. The number of hydrogen-bond donors (Lipinski definition) is 1. The maximum Gasteiger partial charge on any atom is 0.122 e. The second kappa shape index (κ2) is 6.81. The number of nitrogen functional groups attached to an aromatic ring is 1. The largest absolute Gasteiger partial charge is 0.497 e. The second-order valence-corrected chi connectivity index (χ2v) is 5.60. The van der Waals surface area contributed by atoms with Crippen LogP contribution in [-0.2, 0) is 0 Å². The van der Waals surface area contributed by atoms with Crippen molar-refractivity contribution in [2.24, 2.45) is 0 Å². The minimum absolute atomic E-state index is 0.759. The Labute approximate surface area is 121 Å². The van der Waals surface area contributed by atoms with Crippen LogP contribution in [0.25, 0.3) is 0 Å². The summed E-state index contributed by atoms with van der Waals surface area (Å²) in [6.45, 7) is 6.54. The highest BCUT2D eigenvalue weighted by Crippen LogP contribution is 2.26. The molecule has 2 rings (SSSR count). The topological polar surface area (TPSA) is 45.0 Å². The Balaban J connectivity index is 1.91. The highest BCUT2D eigenvalue weighted by atomic mass is 16.5. The fraction of sp³-hybridized carbons (Fsp3) is 0.600. The molecule has 5 heteroatoms. The third-order valence-electron chi connectivity index (χ3n) is 3.75. The average Bonchev–Trinajstić information content (AvgIpc) is 2.45. The lowest BCUT2D eigenvalue weighted by Gasteiger charge is -2.36. The van der Waals surface area contributed by atoms with Crippen molar-refractivity contribution in [3.63, 3.8) is 0 Å². The van der Waals surface area contributed by atoms with E-state index in [-0.39, 0.29) is 0 Å². The molecule has 5 nitrogen and oxygen atoms in total. The van der Waals surface area contributed by atoms with Crippen LogP contribution in [0.3, 0.4) is 0 Å². The third kappa shape index (κ3) is 4.02. The summed E-state index contributed by atoms with van der Waals surface area (Å²) in [6.07, 6.45) is 0. The van der Waals surface area contributed by atoms with E-state index < -0.39 is 0 Å². The first-order valence-corrected chi connectivity index (χ1v) is 7.15. The number of likely N-dealkylation sites (N-methyl/N-ethyl adjacent to an activating group) is 1. The second-order valence-electron chi connectivity index (χ2n) is 5.60. The highest BCUT2D eigenvalue weighted by molar-refractivity contribution is 5.60. The van der Waals surface area contributed by atoms with Crippen LogP contribution in [0.4, 0.5) is 11.4 Å². The van der Waals surface area contributed by atoms with Crippen LogP contribution in [-0.4, -0.2) is 70.3 Å². The molecule has 20 heavy (non-hydrogen) atoms. The minimum Gasteiger partial charge on any atom is -0.497 e. The van der Waals surface area contributed by atoms with E-state index in [9.17, 15) is 0 Å². The predicted octanol–water partition coefficient (Wildman–Crippen LogP) is 0.961. The smallest absolute Gasteiger partial charge is 0.122 e. The van der Waals surface area contributed by atoms with Crippen LogP contribution >= 0.6 is 0 Å². The Bertz CT molecular complexity index is 428. The van der Waals surface area contributed by atoms with Crippen LogP contribution in [0, 0.1) is 0 Å². The molecule has 0 unspecified atom stereocenters. The number of benzene rings is 1. The zero-order valence-electron chi connectivity index (χ0n) is 12.8. The molecule has 0 spiro atoms. The van der Waals surface area contributed by atoms with Gasteiger partial charge in [0.2, 0.25) is 0 Å². The lowest BCUT2D eigenvalue weighted by Crippen LogP contribution is -2.48. The number of hydrogen-bond acceptors (Lipinski definition) is 5. The number of ether oxygens (including phenoxy) is 1. The SMILES string of the molecule is COc1cc(N)cc(N2CCN(CCN(C)C)CC2)c1. The van der Waals surface area contributed by atoms with Gasteiger partial charge < -0.3 is 20.3 Å². The van der Waals surface area contributed by atoms with Gasteiger partial charge in [-0.25, -0.2) is 0 Å². The molecule has 1 fully saturated rings. The van der Waals surface area contributed by atoms with Gasteiger partial charge >= 0.3 is 0 Å². The van der Waals surface area contributed by atoms with Gasteiger partial charge in [0.1, 0.15) is 5.75 Å². The number of methoxy groups -OCH3 is 1. The van der Waals surface area contributed by atoms with E-state index in [4.69, 9.17) is 10.5 Å². The van der Waals surface area contributed by atoms with Crippen LogP contribution < -0.4 is 15.4 Å². The Hall–Kier alpha value is -1.46. The maximum atomic E-state index is 5.93. The summed E-state index contributed by atoms with van der Waals surface area (Å²) in [5.41, 5.74) is 7.85. The number of nitrogens with zero attached hydrogens (tertiary/aromatic N) is 3. The number of nitrogens with two attached hydrogens (primary N) is 1. The van der Waals surface area contributed by atoms with Gasteiger partial charge in [0, 0.05) is 62.8 Å². The third-order valence-corrected chi connectivity index (χ3v) is 3.75. The fourth-order valence-electron chi connectivity index (χ4n) is 2.48. The maximum absolute atomic E-state index is 5.93. The summed E-state index contributed by atoms with van der Waals surface area (Å²) in [4.78, 5) is 7.13. The van der Waals surface area contributed by atoms with E-state index in [1.54, 1.807) is 7.11 Å². The van der Waals surface area contributed by atoms with Crippen molar-refractivity contribution in [1.29, 1.82) is 0 Å². The molecule has 0 aromatic heterocycles. The van der Waals surface area contributed by atoms with Crippen molar-refractivity contribution in [2.75, 3.05) is 71.1 Å². The van der Waals surface area contributed by atoms with Crippen LogP contribution in [0.2, 0.25) is 0 Å². The first-order valence-electron chi connectivity index (χ1n) is 7.15. The van der Waals surface area contributed by atoms with Gasteiger partial charge in [-0.3, -0.25) is 4.90 Å². The molecule has 0 amide bonds. The van der Waals surface area contributed by atoms with E-state index in [1.807, 2.05) is 12.1 Å². The van der Waals surface area contributed by atoms with Gasteiger partial charge in [0.05, 0.1) is 7.11 Å². The molecule has 0 radical (unpaired) electrons. The summed E-state index contributed by atoms with van der Waals surface area (Å²) >= 11 is 0. The average molecular weight is 278 g/mol. The van der Waals surface area contributed by atoms with Crippen molar-refractivity contribution in [3.8, 4) is 5.75 Å². The monoisotopic (exact) mass is 278 g/mol. The van der Waals surface area contributed by atoms with Crippen LogP contribution in [0.1, 0.15) is 0 Å². The summed E-state index contributed by atoms with van der Waals surface area (Å²) < 4.78 is 5.29. The normalized spacial score (nSPS) is 16.7. The van der Waals surface area contributed by atoms with Crippen molar-refractivity contribution < 1.29 is 4.74 Å². The number of rotatable bonds is 5. The first kappa shape index (κ1) is 14.9. The van der Waals surface area contributed by atoms with E-state index in [0.29, 0.717) is 0 Å². The van der Waals surface area contributed by atoms with Crippen molar-refractivity contribution in [3.05, 3.63) is 18.2 Å². The lowest BCUT2D eigenvalue weighted by atomic mass is 10.2. The van der Waals surface area contributed by atoms with Gasteiger partial charge in [0.25, 0.3) is 0 Å². The number of anilines is 2. The molecular weight excluding hydrogens is 252 g/mol. The lowest BCUT2D eigenvalue weighted by molar-refractivity contribution is 0.229. The van der Waals surface area contributed by atoms with Gasteiger partial charge in [0.15, 0.2) is 0 Å². The van der Waals surface area contributed by atoms with Gasteiger partial charge in [-0.15, -0.1) is 0 Å². The standard InChI is InChI=1S/C15H26N4O/c1-17(2)4-5-18-6-8-19(9-7-18)14-10-13(16)11-15(12-14)20-3/h10-12H,4-9,16H2,1-3H3. The van der Waals surface area contributed by atoms with Gasteiger partial charge in [-0.2, -0.15) is 0 Å². The molecule has 0 aliphatic carbocycles. The minimum atomic E-state index is 0.759. The van der Waals surface area contributed by atoms with Crippen molar-refractivity contribution in [1.82, 2.24) is 9.80 Å². The molecule has 0 atom stereocenters. The van der Waals surface area contributed by atoms with Gasteiger partial charge in [-0.1, -0.05) is 0 Å². The summed E-state index contributed by atoms with van der Waals surface area (Å²) in [5, 5.41) is 0. The molecule has 2 N–H and O–H groups in total. The summed E-state index contributed by atoms with van der Waals surface area (Å²) in [6, 6.07) is 5.95. The van der Waals surface area contributed by atoms with E-state index in [1.165, 1.54) is 0 Å². The quantitative estimate of drug-likeness (QED) is 0.813. The Morgan fingerprint density at radius 3 is 2.45 bits per heavy atom. The van der Waals surface area contributed by atoms with Crippen LogP contribution in [0.15, 0.2) is 18.2 Å². The molecule has 1 heterocycles. The Kier molecular flexibility index (Phi) is 5.09. The number of piperazine rings is 1. The van der Waals surface area contributed by atoms with Crippen molar-refractivity contribution in [2.45, 2.75) is 0 Å². The van der Waals surface area contributed by atoms with E-state index in [0.717, 1.165) is 56.4 Å². The molecule has 0 saturated carbocycles. The van der Waals surface area contributed by atoms with E-state index >= 15 is 0 Å². The zero-order valence-corrected chi connectivity index (χ0v) is 12.8. The Morgan fingerprint density at radius 2 is 1.85 bits per heavy atom. The molecule has 1 aromatic rings. The van der Waals surface area contributed by atoms with Gasteiger partial charge in [-0.05, 0) is 20.2 Å². The summed E-state index contributed by atoms with van der Waals surface area (Å²) in [7, 11) is 5.92.